The molecule has 1 amide bonds. The number of carbonyl (C=O) groups excluding carboxylic acids is 1. The number of H-pyrrole nitrogens is 1. The van der Waals surface area contributed by atoms with Gasteiger partial charge in [-0.25, -0.2) is 17.8 Å². The first kappa shape index (κ1) is 23.0. The molecule has 1 heterocycles. The third kappa shape index (κ3) is 5.72. The first-order valence-electron chi connectivity index (χ1n) is 8.91. The van der Waals surface area contributed by atoms with Crippen molar-refractivity contribution in [1.82, 2.24) is 15.3 Å². The molecule has 3 rings (SSSR count). The van der Waals surface area contributed by atoms with E-state index >= 15 is 0 Å². The first-order chi connectivity index (χ1) is 14.7. The molecule has 31 heavy (non-hydrogen) atoms. The highest BCUT2D eigenvalue weighted by Crippen LogP contribution is 2.24. The van der Waals surface area contributed by atoms with Crippen LogP contribution in [0.5, 0.6) is 0 Å². The number of nitrogens with zero attached hydrogens (tertiary/aromatic N) is 1. The van der Waals surface area contributed by atoms with Crippen LogP contribution in [0.15, 0.2) is 68.4 Å². The van der Waals surface area contributed by atoms with Crippen LogP contribution in [0.3, 0.4) is 0 Å². The minimum atomic E-state index is -4.11. The number of halogens is 2. The third-order valence-corrected chi connectivity index (χ3v) is 7.27. The lowest BCUT2D eigenvalue weighted by atomic mass is 10.2. The molecule has 0 atom stereocenters. The highest BCUT2D eigenvalue weighted by molar-refractivity contribution is 7.99. The smallest absolute Gasteiger partial charge is 0.270 e. The Kier molecular flexibility index (Phi) is 7.14. The minimum Gasteiger partial charge on any atom is -0.351 e. The van der Waals surface area contributed by atoms with E-state index in [2.05, 4.69) is 15.3 Å². The third-order valence-electron chi connectivity index (χ3n) is 4.23. The molecule has 0 aliphatic carbocycles. The summed E-state index contributed by atoms with van der Waals surface area (Å²) in [5, 5.41) is 3.03. The molecule has 0 fully saturated rings. The van der Waals surface area contributed by atoms with Crippen molar-refractivity contribution in [3.05, 3.63) is 81.0 Å². The van der Waals surface area contributed by atoms with E-state index in [4.69, 9.17) is 11.6 Å². The van der Waals surface area contributed by atoms with E-state index in [1.165, 1.54) is 24.3 Å². The van der Waals surface area contributed by atoms with E-state index in [0.29, 0.717) is 5.56 Å². The molecule has 2 N–H and O–H groups in total. The highest BCUT2D eigenvalue weighted by atomic mass is 35.5. The van der Waals surface area contributed by atoms with Crippen molar-refractivity contribution < 1.29 is 17.6 Å². The van der Waals surface area contributed by atoms with Crippen molar-refractivity contribution in [3.63, 3.8) is 0 Å². The van der Waals surface area contributed by atoms with Gasteiger partial charge in [-0.15, -0.1) is 0 Å². The van der Waals surface area contributed by atoms with Crippen molar-refractivity contribution >= 4 is 39.1 Å². The molecular formula is C20H17ClFN3O4S2. The van der Waals surface area contributed by atoms with E-state index in [0.717, 1.165) is 23.5 Å². The van der Waals surface area contributed by atoms with Gasteiger partial charge in [0.15, 0.2) is 10.1 Å². The number of carbonyl (C=O) groups is 1. The van der Waals surface area contributed by atoms with Crippen molar-refractivity contribution in [1.29, 1.82) is 0 Å². The Bertz CT molecular complexity index is 1280. The molecule has 0 saturated carbocycles. The van der Waals surface area contributed by atoms with Gasteiger partial charge in [-0.05, 0) is 42.3 Å². The van der Waals surface area contributed by atoms with Crippen LogP contribution < -0.4 is 10.9 Å². The average Bonchev–Trinajstić information content (AvgIpc) is 2.73. The second kappa shape index (κ2) is 9.63. The highest BCUT2D eigenvalue weighted by Gasteiger charge is 2.23. The predicted molar refractivity (Wildman–Crippen MR) is 115 cm³/mol. The Morgan fingerprint density at radius 2 is 1.94 bits per heavy atom. The molecule has 0 spiro atoms. The minimum absolute atomic E-state index is 0.0518. The average molecular weight is 482 g/mol. The lowest BCUT2D eigenvalue weighted by Crippen LogP contribution is -2.25. The van der Waals surface area contributed by atoms with Gasteiger partial charge in [0.1, 0.15) is 5.82 Å². The van der Waals surface area contributed by atoms with Crippen LogP contribution in [0.2, 0.25) is 5.02 Å². The standard InChI is InChI=1S/C20H17ClFN3O4S2/c1-12-2-7-15(8-16(12)21)31(28,29)17-10-24-20(25-19(17)27)30-11-18(26)23-9-13-3-5-14(22)6-4-13/h2-8,10H,9,11H2,1H3,(H,23,26)(H,24,25,27). The number of hydrogen-bond donors (Lipinski definition) is 2. The van der Waals surface area contributed by atoms with Gasteiger partial charge in [0.25, 0.3) is 5.56 Å². The van der Waals surface area contributed by atoms with Gasteiger partial charge in [-0.3, -0.25) is 9.59 Å². The van der Waals surface area contributed by atoms with Crippen LogP contribution >= 0.6 is 23.4 Å². The topological polar surface area (TPSA) is 109 Å². The molecule has 0 bridgehead atoms. The monoisotopic (exact) mass is 481 g/mol. The second-order valence-electron chi connectivity index (χ2n) is 6.49. The number of aryl methyl sites for hydroxylation is 1. The number of aromatic nitrogens is 2. The van der Waals surface area contributed by atoms with Crippen molar-refractivity contribution in [2.45, 2.75) is 28.4 Å². The summed E-state index contributed by atoms with van der Waals surface area (Å²) in [6.45, 7) is 1.95. The van der Waals surface area contributed by atoms with Gasteiger partial charge in [-0.2, -0.15) is 0 Å². The predicted octanol–water partition coefficient (Wildman–Crippen LogP) is 3.11. The van der Waals surface area contributed by atoms with Crippen LogP contribution in [0, 0.1) is 12.7 Å². The summed E-state index contributed by atoms with van der Waals surface area (Å²) >= 11 is 6.94. The molecule has 0 aliphatic heterocycles. The Morgan fingerprint density at radius 3 is 2.58 bits per heavy atom. The molecule has 162 valence electrons. The Morgan fingerprint density at radius 1 is 1.23 bits per heavy atom. The van der Waals surface area contributed by atoms with Crippen LogP contribution in [0.25, 0.3) is 0 Å². The van der Waals surface area contributed by atoms with Crippen molar-refractivity contribution in [2.24, 2.45) is 0 Å². The normalized spacial score (nSPS) is 11.3. The summed E-state index contributed by atoms with van der Waals surface area (Å²) in [5.74, 6) is -0.747. The molecule has 11 heteroatoms. The SMILES string of the molecule is Cc1ccc(S(=O)(=O)c2cnc(SCC(=O)NCc3ccc(F)cc3)[nH]c2=O)cc1Cl. The zero-order valence-corrected chi connectivity index (χ0v) is 18.6. The number of amides is 1. The number of benzene rings is 2. The maximum absolute atomic E-state index is 12.9. The number of nitrogens with one attached hydrogen (secondary N) is 2. The first-order valence-corrected chi connectivity index (χ1v) is 11.8. The Hall–Kier alpha value is -2.69. The largest absolute Gasteiger partial charge is 0.351 e. The molecule has 2 aromatic carbocycles. The van der Waals surface area contributed by atoms with Gasteiger partial charge in [-0.1, -0.05) is 41.6 Å². The van der Waals surface area contributed by atoms with E-state index in [9.17, 15) is 22.4 Å². The van der Waals surface area contributed by atoms with E-state index in [1.54, 1.807) is 25.1 Å². The zero-order valence-electron chi connectivity index (χ0n) is 16.2. The van der Waals surface area contributed by atoms with Gasteiger partial charge < -0.3 is 10.3 Å². The molecule has 0 saturated heterocycles. The summed E-state index contributed by atoms with van der Waals surface area (Å²) in [6, 6.07) is 9.90. The van der Waals surface area contributed by atoms with E-state index in [1.807, 2.05) is 0 Å². The van der Waals surface area contributed by atoms with E-state index in [-0.39, 0.29) is 39.1 Å². The molecule has 0 aliphatic rings. The van der Waals surface area contributed by atoms with Crippen LogP contribution in [-0.2, 0) is 21.2 Å². The maximum atomic E-state index is 12.9. The Balaban J connectivity index is 1.65. The second-order valence-corrected chi connectivity index (χ2v) is 9.78. The fourth-order valence-corrected chi connectivity index (χ4v) is 4.66. The van der Waals surface area contributed by atoms with Crippen LogP contribution in [0.4, 0.5) is 4.39 Å². The molecule has 7 nitrogen and oxygen atoms in total. The lowest BCUT2D eigenvalue weighted by molar-refractivity contribution is -0.118. The number of thioether (sulfide) groups is 1. The number of hydrogen-bond acceptors (Lipinski definition) is 6. The summed E-state index contributed by atoms with van der Waals surface area (Å²) in [7, 11) is -4.11. The molecule has 0 radical (unpaired) electrons. The molecular weight excluding hydrogens is 465 g/mol. The van der Waals surface area contributed by atoms with Gasteiger partial charge in [0.05, 0.1) is 16.8 Å². The molecule has 1 aromatic heterocycles. The van der Waals surface area contributed by atoms with Gasteiger partial charge >= 0.3 is 0 Å². The van der Waals surface area contributed by atoms with Gasteiger partial charge in [0.2, 0.25) is 15.7 Å². The van der Waals surface area contributed by atoms with Gasteiger partial charge in [0, 0.05) is 11.6 Å². The number of rotatable bonds is 7. The fourth-order valence-electron chi connectivity index (χ4n) is 2.49. The molecule has 3 aromatic rings. The summed E-state index contributed by atoms with van der Waals surface area (Å²) in [5.41, 5.74) is 0.593. The lowest BCUT2D eigenvalue weighted by Gasteiger charge is -2.07. The van der Waals surface area contributed by atoms with Crippen molar-refractivity contribution in [2.75, 3.05) is 5.75 Å². The summed E-state index contributed by atoms with van der Waals surface area (Å²) < 4.78 is 38.3. The summed E-state index contributed by atoms with van der Waals surface area (Å²) in [6.07, 6.45) is 0.959. The van der Waals surface area contributed by atoms with Crippen LogP contribution in [0.1, 0.15) is 11.1 Å². The molecule has 0 unspecified atom stereocenters. The number of aromatic amines is 1. The maximum Gasteiger partial charge on any atom is 0.270 e. The zero-order chi connectivity index (χ0) is 22.6. The Labute approximate surface area is 187 Å². The quantitative estimate of drug-likeness (QED) is 0.396. The van der Waals surface area contributed by atoms with E-state index < -0.39 is 20.3 Å². The van der Waals surface area contributed by atoms with Crippen molar-refractivity contribution in [3.8, 4) is 0 Å². The van der Waals surface area contributed by atoms with Crippen LogP contribution in [-0.4, -0.2) is 30.0 Å². The number of sulfone groups is 1. The fraction of sp³-hybridized carbons (Fsp3) is 0.150. The summed E-state index contributed by atoms with van der Waals surface area (Å²) in [4.78, 5) is 30.0.